The van der Waals surface area contributed by atoms with Gasteiger partial charge in [-0.1, -0.05) is 0 Å². The van der Waals surface area contributed by atoms with Crippen LogP contribution < -0.4 is 0 Å². The SMILES string of the molecule is CO[C@@]1(C)O[C@@H]2O[C@H](CO)[C@@H](O)[C@H](O)[C@@H]2O1. The molecule has 0 aromatic carbocycles. The van der Waals surface area contributed by atoms with Gasteiger partial charge in [0, 0.05) is 14.0 Å². The number of fused-ring (bicyclic) bond motifs is 1. The van der Waals surface area contributed by atoms with E-state index >= 15 is 0 Å². The molecule has 7 nitrogen and oxygen atoms in total. The fourth-order valence-electron chi connectivity index (χ4n) is 1.86. The molecular weight excluding hydrogens is 220 g/mol. The van der Waals surface area contributed by atoms with Gasteiger partial charge in [0.1, 0.15) is 24.4 Å². The largest absolute Gasteiger partial charge is 0.394 e. The minimum Gasteiger partial charge on any atom is -0.394 e. The maximum absolute atomic E-state index is 9.78. The van der Waals surface area contributed by atoms with Crippen molar-refractivity contribution in [3.63, 3.8) is 0 Å². The second-order valence-electron chi connectivity index (χ2n) is 3.97. The molecule has 0 saturated carbocycles. The van der Waals surface area contributed by atoms with Crippen molar-refractivity contribution in [3.8, 4) is 0 Å². The van der Waals surface area contributed by atoms with Gasteiger partial charge in [0.15, 0.2) is 6.29 Å². The molecule has 94 valence electrons. The molecule has 2 aliphatic heterocycles. The van der Waals surface area contributed by atoms with Crippen molar-refractivity contribution in [1.29, 1.82) is 0 Å². The number of hydrogen-bond donors (Lipinski definition) is 3. The molecular formula is C9H16O7. The number of methoxy groups -OCH3 is 1. The predicted molar refractivity (Wildman–Crippen MR) is 49.1 cm³/mol. The molecule has 2 rings (SSSR count). The molecule has 0 aromatic heterocycles. The first kappa shape index (κ1) is 12.2. The predicted octanol–water partition coefficient (Wildman–Crippen LogP) is -1.84. The summed E-state index contributed by atoms with van der Waals surface area (Å²) in [5.74, 6) is -1.31. The van der Waals surface area contributed by atoms with Gasteiger partial charge in [-0.2, -0.15) is 0 Å². The van der Waals surface area contributed by atoms with Crippen molar-refractivity contribution >= 4 is 0 Å². The third-order valence-corrected chi connectivity index (χ3v) is 2.88. The number of aliphatic hydroxyl groups excluding tert-OH is 3. The summed E-state index contributed by atoms with van der Waals surface area (Å²) in [4.78, 5) is 0. The van der Waals surface area contributed by atoms with Crippen LogP contribution in [0.25, 0.3) is 0 Å². The molecule has 0 aromatic rings. The summed E-state index contributed by atoms with van der Waals surface area (Å²) in [5.41, 5.74) is 0. The highest BCUT2D eigenvalue weighted by molar-refractivity contribution is 4.93. The molecule has 2 heterocycles. The number of rotatable bonds is 2. The Hall–Kier alpha value is -0.280. The third kappa shape index (κ3) is 1.84. The van der Waals surface area contributed by atoms with E-state index < -0.39 is 43.3 Å². The zero-order valence-corrected chi connectivity index (χ0v) is 9.07. The Balaban J connectivity index is 2.13. The van der Waals surface area contributed by atoms with E-state index in [2.05, 4.69) is 0 Å². The highest BCUT2D eigenvalue weighted by atomic mass is 16.9. The zero-order valence-electron chi connectivity index (χ0n) is 9.07. The first-order valence-electron chi connectivity index (χ1n) is 5.04. The monoisotopic (exact) mass is 236 g/mol. The van der Waals surface area contributed by atoms with Gasteiger partial charge >= 0.3 is 0 Å². The molecule has 0 spiro atoms. The maximum atomic E-state index is 9.78. The normalized spacial score (nSPS) is 52.7. The van der Waals surface area contributed by atoms with Crippen LogP contribution in [0.2, 0.25) is 0 Å². The van der Waals surface area contributed by atoms with E-state index in [-0.39, 0.29) is 0 Å². The van der Waals surface area contributed by atoms with Crippen LogP contribution in [0.3, 0.4) is 0 Å². The van der Waals surface area contributed by atoms with Crippen LogP contribution >= 0.6 is 0 Å². The van der Waals surface area contributed by atoms with Crippen LogP contribution in [-0.4, -0.2) is 65.7 Å². The molecule has 3 N–H and O–H groups in total. The Labute approximate surface area is 92.5 Å². The van der Waals surface area contributed by atoms with Gasteiger partial charge in [0.05, 0.1) is 6.61 Å². The smallest absolute Gasteiger partial charge is 0.282 e. The Kier molecular flexibility index (Phi) is 3.19. The Morgan fingerprint density at radius 2 is 1.94 bits per heavy atom. The standard InChI is InChI=1S/C9H16O7/c1-9(13-2)15-7-6(12)5(11)4(3-10)14-8(7)16-9/h4-8,10-12H,3H2,1-2H3/t4-,5-,6+,7+,8+,9-/m1/s1. The Morgan fingerprint density at radius 1 is 1.25 bits per heavy atom. The van der Waals surface area contributed by atoms with Crippen molar-refractivity contribution in [3.05, 3.63) is 0 Å². The first-order valence-corrected chi connectivity index (χ1v) is 5.04. The van der Waals surface area contributed by atoms with Gasteiger partial charge in [-0.15, -0.1) is 0 Å². The van der Waals surface area contributed by atoms with Gasteiger partial charge < -0.3 is 29.5 Å². The van der Waals surface area contributed by atoms with Gasteiger partial charge in [0.2, 0.25) is 0 Å². The fourth-order valence-corrected chi connectivity index (χ4v) is 1.86. The third-order valence-electron chi connectivity index (χ3n) is 2.88. The molecule has 0 radical (unpaired) electrons. The van der Waals surface area contributed by atoms with Crippen molar-refractivity contribution < 1.29 is 34.3 Å². The van der Waals surface area contributed by atoms with E-state index in [1.165, 1.54) is 14.0 Å². The maximum Gasteiger partial charge on any atom is 0.282 e. The molecule has 7 heteroatoms. The highest BCUT2D eigenvalue weighted by Crippen LogP contribution is 2.36. The second kappa shape index (κ2) is 4.19. The average molecular weight is 236 g/mol. The summed E-state index contributed by atoms with van der Waals surface area (Å²) >= 11 is 0. The lowest BCUT2D eigenvalue weighted by molar-refractivity contribution is -0.334. The van der Waals surface area contributed by atoms with Crippen LogP contribution in [0.1, 0.15) is 6.92 Å². The van der Waals surface area contributed by atoms with Gasteiger partial charge in [-0.3, -0.25) is 4.74 Å². The lowest BCUT2D eigenvalue weighted by Crippen LogP contribution is -2.57. The first-order chi connectivity index (χ1) is 7.50. The topological polar surface area (TPSA) is 97.6 Å². The zero-order chi connectivity index (χ0) is 11.9. The molecule has 0 bridgehead atoms. The summed E-state index contributed by atoms with van der Waals surface area (Å²) < 4.78 is 20.8. The number of aliphatic hydroxyl groups is 3. The summed E-state index contributed by atoms with van der Waals surface area (Å²) in [6, 6.07) is 0. The van der Waals surface area contributed by atoms with E-state index in [1.54, 1.807) is 0 Å². The van der Waals surface area contributed by atoms with E-state index in [0.717, 1.165) is 0 Å². The quantitative estimate of drug-likeness (QED) is 0.518. The summed E-state index contributed by atoms with van der Waals surface area (Å²) in [5, 5.41) is 28.4. The van der Waals surface area contributed by atoms with Gasteiger partial charge in [-0.25, -0.2) is 0 Å². The molecule has 0 unspecified atom stereocenters. The van der Waals surface area contributed by atoms with Crippen LogP contribution in [0.15, 0.2) is 0 Å². The van der Waals surface area contributed by atoms with Crippen molar-refractivity contribution in [2.75, 3.05) is 13.7 Å². The minimum atomic E-state index is -1.31. The number of hydrogen-bond acceptors (Lipinski definition) is 7. The average Bonchev–Trinajstić information content (AvgIpc) is 2.62. The van der Waals surface area contributed by atoms with E-state index in [1.807, 2.05) is 0 Å². The van der Waals surface area contributed by atoms with Gasteiger partial charge in [-0.05, 0) is 0 Å². The van der Waals surface area contributed by atoms with Gasteiger partial charge in [0.25, 0.3) is 5.97 Å². The van der Waals surface area contributed by atoms with E-state index in [9.17, 15) is 10.2 Å². The molecule has 2 aliphatic rings. The molecule has 2 fully saturated rings. The van der Waals surface area contributed by atoms with Crippen LogP contribution in [0.4, 0.5) is 0 Å². The molecule has 0 amide bonds. The Morgan fingerprint density at radius 3 is 2.50 bits per heavy atom. The highest BCUT2D eigenvalue weighted by Gasteiger charge is 2.55. The molecule has 2 saturated heterocycles. The lowest BCUT2D eigenvalue weighted by Gasteiger charge is -2.36. The lowest BCUT2D eigenvalue weighted by atomic mass is 9.99. The molecule has 16 heavy (non-hydrogen) atoms. The van der Waals surface area contributed by atoms with Crippen molar-refractivity contribution in [2.45, 2.75) is 43.6 Å². The van der Waals surface area contributed by atoms with Crippen molar-refractivity contribution in [1.82, 2.24) is 0 Å². The summed E-state index contributed by atoms with van der Waals surface area (Å²) in [6.07, 6.45) is -4.98. The molecule has 0 aliphatic carbocycles. The Bertz CT molecular complexity index is 260. The van der Waals surface area contributed by atoms with E-state index in [4.69, 9.17) is 24.1 Å². The van der Waals surface area contributed by atoms with Crippen LogP contribution in [0.5, 0.6) is 0 Å². The number of ether oxygens (including phenoxy) is 4. The minimum absolute atomic E-state index is 0.408. The van der Waals surface area contributed by atoms with Crippen LogP contribution in [0, 0.1) is 0 Å². The van der Waals surface area contributed by atoms with Crippen LogP contribution in [-0.2, 0) is 18.9 Å². The van der Waals surface area contributed by atoms with Crippen molar-refractivity contribution in [2.24, 2.45) is 0 Å². The fraction of sp³-hybridized carbons (Fsp3) is 1.00. The summed E-state index contributed by atoms with van der Waals surface area (Å²) in [7, 11) is 1.39. The van der Waals surface area contributed by atoms with E-state index in [0.29, 0.717) is 0 Å². The second-order valence-corrected chi connectivity index (χ2v) is 3.97. The molecule has 6 atom stereocenters. The summed E-state index contributed by atoms with van der Waals surface area (Å²) in [6.45, 7) is 1.12.